The van der Waals surface area contributed by atoms with Crippen LogP contribution in [-0.2, 0) is 9.53 Å². The molecule has 0 radical (unpaired) electrons. The molecule has 0 saturated heterocycles. The predicted octanol–water partition coefficient (Wildman–Crippen LogP) is 0.552. The molecule has 0 aromatic heterocycles. The number of methoxy groups -OCH3 is 1. The number of rotatable bonds is 6. The number of aliphatic hydroxyl groups is 1. The minimum absolute atomic E-state index is 0.0942. The first-order valence-electron chi connectivity index (χ1n) is 5.52. The van der Waals surface area contributed by atoms with Crippen molar-refractivity contribution in [3.05, 3.63) is 29.8 Å². The monoisotopic (exact) mass is 289 g/mol. The van der Waals surface area contributed by atoms with E-state index in [4.69, 9.17) is 5.11 Å². The third kappa shape index (κ3) is 4.47. The van der Waals surface area contributed by atoms with Gasteiger partial charge in [-0.2, -0.15) is 8.78 Å². The number of benzene rings is 1. The van der Waals surface area contributed by atoms with Crippen molar-refractivity contribution >= 4 is 11.9 Å². The first-order chi connectivity index (χ1) is 9.47. The van der Waals surface area contributed by atoms with Crippen molar-refractivity contribution in [1.82, 2.24) is 5.32 Å². The quantitative estimate of drug-likeness (QED) is 0.747. The molecule has 0 fully saturated rings. The fourth-order valence-corrected chi connectivity index (χ4v) is 1.35. The first-order valence-corrected chi connectivity index (χ1v) is 5.52. The molecular formula is C12H13F2NO5. The fourth-order valence-electron chi connectivity index (χ4n) is 1.35. The van der Waals surface area contributed by atoms with Gasteiger partial charge in [0.25, 0.3) is 5.91 Å². The summed E-state index contributed by atoms with van der Waals surface area (Å²) in [6, 6.07) is 3.68. The maximum absolute atomic E-state index is 11.9. The van der Waals surface area contributed by atoms with E-state index >= 15 is 0 Å². The number of alkyl halides is 2. The smallest absolute Gasteiger partial charge is 0.387 e. The largest absolute Gasteiger partial charge is 0.467 e. The van der Waals surface area contributed by atoms with Crippen molar-refractivity contribution in [1.29, 1.82) is 0 Å². The lowest BCUT2D eigenvalue weighted by Crippen LogP contribution is -2.44. The summed E-state index contributed by atoms with van der Waals surface area (Å²) in [6.45, 7) is -3.57. The van der Waals surface area contributed by atoms with Crippen molar-refractivity contribution in [3.63, 3.8) is 0 Å². The van der Waals surface area contributed by atoms with Crippen LogP contribution in [0.1, 0.15) is 10.4 Å². The van der Waals surface area contributed by atoms with E-state index in [9.17, 15) is 18.4 Å². The maximum Gasteiger partial charge on any atom is 0.387 e. The minimum Gasteiger partial charge on any atom is -0.467 e. The number of halogens is 2. The fraction of sp³-hybridized carbons (Fsp3) is 0.333. The van der Waals surface area contributed by atoms with Gasteiger partial charge in [0.1, 0.15) is 5.75 Å². The third-order valence-corrected chi connectivity index (χ3v) is 2.32. The van der Waals surface area contributed by atoms with E-state index in [1.165, 1.54) is 24.3 Å². The van der Waals surface area contributed by atoms with Crippen molar-refractivity contribution in [2.45, 2.75) is 12.7 Å². The second kappa shape index (κ2) is 7.39. The average Bonchev–Trinajstić information content (AvgIpc) is 2.43. The molecule has 1 atom stereocenters. The Hall–Kier alpha value is -2.22. The Bertz CT molecular complexity index is 463. The lowest BCUT2D eigenvalue weighted by atomic mass is 10.2. The number of carbonyl (C=O) groups excluding carboxylic acids is 2. The van der Waals surface area contributed by atoms with Crippen LogP contribution in [0.5, 0.6) is 5.75 Å². The summed E-state index contributed by atoms with van der Waals surface area (Å²) in [4.78, 5) is 22.9. The van der Waals surface area contributed by atoms with Gasteiger partial charge in [-0.3, -0.25) is 4.79 Å². The lowest BCUT2D eigenvalue weighted by molar-refractivity contribution is -0.143. The number of amides is 1. The SMILES string of the molecule is COC(=O)C(CO)NC(=O)c1ccc(OC(F)F)cc1. The molecule has 1 aromatic carbocycles. The van der Waals surface area contributed by atoms with Gasteiger partial charge in [0, 0.05) is 5.56 Å². The van der Waals surface area contributed by atoms with Crippen molar-refractivity contribution in [3.8, 4) is 5.75 Å². The van der Waals surface area contributed by atoms with Crippen LogP contribution >= 0.6 is 0 Å². The molecule has 8 heteroatoms. The third-order valence-electron chi connectivity index (χ3n) is 2.32. The summed E-state index contributed by atoms with van der Waals surface area (Å²) in [5.74, 6) is -1.54. The second-order valence-corrected chi connectivity index (χ2v) is 3.63. The number of hydrogen-bond acceptors (Lipinski definition) is 5. The molecule has 1 unspecified atom stereocenters. The standard InChI is InChI=1S/C12H13F2NO5/c1-19-11(18)9(6-16)15-10(17)7-2-4-8(5-3-7)20-12(13)14/h2-5,9,12,16H,6H2,1H3,(H,15,17). The Morgan fingerprint density at radius 1 is 1.30 bits per heavy atom. The molecule has 0 aliphatic heterocycles. The van der Waals surface area contributed by atoms with Gasteiger partial charge in [0.15, 0.2) is 6.04 Å². The summed E-state index contributed by atoms with van der Waals surface area (Å²) in [7, 11) is 1.12. The highest BCUT2D eigenvalue weighted by atomic mass is 19.3. The summed E-state index contributed by atoms with van der Waals surface area (Å²) in [5.41, 5.74) is 0.119. The molecule has 6 nitrogen and oxygen atoms in total. The molecule has 0 spiro atoms. The van der Waals surface area contributed by atoms with Gasteiger partial charge in [-0.15, -0.1) is 0 Å². The van der Waals surface area contributed by atoms with Crippen LogP contribution in [0.3, 0.4) is 0 Å². The van der Waals surface area contributed by atoms with E-state index in [-0.39, 0.29) is 11.3 Å². The Morgan fingerprint density at radius 2 is 1.90 bits per heavy atom. The van der Waals surface area contributed by atoms with Crippen LogP contribution in [-0.4, -0.2) is 43.4 Å². The van der Waals surface area contributed by atoms with Crippen molar-refractivity contribution in [2.75, 3.05) is 13.7 Å². The Balaban J connectivity index is 2.70. The molecule has 1 aromatic rings. The van der Waals surface area contributed by atoms with Crippen LogP contribution in [0.2, 0.25) is 0 Å². The van der Waals surface area contributed by atoms with E-state index < -0.39 is 31.1 Å². The Morgan fingerprint density at radius 3 is 2.35 bits per heavy atom. The van der Waals surface area contributed by atoms with Crippen LogP contribution in [0, 0.1) is 0 Å². The normalized spacial score (nSPS) is 11.8. The summed E-state index contributed by atoms with van der Waals surface area (Å²) < 4.78 is 32.4. The van der Waals surface area contributed by atoms with E-state index in [1.807, 2.05) is 0 Å². The second-order valence-electron chi connectivity index (χ2n) is 3.63. The molecule has 0 aliphatic rings. The Labute approximate surface area is 113 Å². The molecule has 20 heavy (non-hydrogen) atoms. The molecule has 1 amide bonds. The van der Waals surface area contributed by atoms with E-state index in [1.54, 1.807) is 0 Å². The molecule has 2 N–H and O–H groups in total. The summed E-state index contributed by atoms with van der Waals surface area (Å²) in [6.07, 6.45) is 0. The molecule has 0 aliphatic carbocycles. The lowest BCUT2D eigenvalue weighted by Gasteiger charge is -2.14. The zero-order valence-electron chi connectivity index (χ0n) is 10.5. The van der Waals surface area contributed by atoms with Gasteiger partial charge in [-0.25, -0.2) is 4.79 Å². The molecule has 0 heterocycles. The highest BCUT2D eigenvalue weighted by molar-refractivity contribution is 5.96. The number of hydrogen-bond donors (Lipinski definition) is 2. The molecule has 110 valence electrons. The van der Waals surface area contributed by atoms with Crippen LogP contribution in [0.4, 0.5) is 8.78 Å². The predicted molar refractivity (Wildman–Crippen MR) is 63.4 cm³/mol. The van der Waals surface area contributed by atoms with Crippen LogP contribution in [0.15, 0.2) is 24.3 Å². The number of aliphatic hydroxyl groups excluding tert-OH is 1. The number of esters is 1. The number of carbonyl (C=O) groups is 2. The molecule has 1 rings (SSSR count). The van der Waals surface area contributed by atoms with Gasteiger partial charge in [0.05, 0.1) is 13.7 Å². The minimum atomic E-state index is -2.95. The number of ether oxygens (including phenoxy) is 2. The van der Waals surface area contributed by atoms with Gasteiger partial charge in [-0.1, -0.05) is 0 Å². The zero-order valence-corrected chi connectivity index (χ0v) is 10.5. The maximum atomic E-state index is 11.9. The molecule has 0 saturated carbocycles. The Kier molecular flexibility index (Phi) is 5.85. The first kappa shape index (κ1) is 15.8. The zero-order chi connectivity index (χ0) is 15.1. The van der Waals surface area contributed by atoms with Gasteiger partial charge < -0.3 is 19.9 Å². The van der Waals surface area contributed by atoms with E-state index in [2.05, 4.69) is 14.8 Å². The highest BCUT2D eigenvalue weighted by Gasteiger charge is 2.21. The van der Waals surface area contributed by atoms with Gasteiger partial charge >= 0.3 is 12.6 Å². The van der Waals surface area contributed by atoms with Crippen LogP contribution in [0.25, 0.3) is 0 Å². The number of nitrogens with one attached hydrogen (secondary N) is 1. The topological polar surface area (TPSA) is 84.9 Å². The van der Waals surface area contributed by atoms with E-state index in [0.29, 0.717) is 0 Å². The summed E-state index contributed by atoms with van der Waals surface area (Å²) in [5, 5.41) is 11.2. The molecule has 0 bridgehead atoms. The average molecular weight is 289 g/mol. The highest BCUT2D eigenvalue weighted by Crippen LogP contribution is 2.14. The van der Waals surface area contributed by atoms with Gasteiger partial charge in [0.2, 0.25) is 0 Å². The molecular weight excluding hydrogens is 276 g/mol. The van der Waals surface area contributed by atoms with Crippen molar-refractivity contribution < 1.29 is 33.0 Å². The van der Waals surface area contributed by atoms with Crippen LogP contribution < -0.4 is 10.1 Å². The van der Waals surface area contributed by atoms with E-state index in [0.717, 1.165) is 7.11 Å². The van der Waals surface area contributed by atoms with Gasteiger partial charge in [-0.05, 0) is 24.3 Å². The van der Waals surface area contributed by atoms with Crippen molar-refractivity contribution in [2.24, 2.45) is 0 Å². The summed E-state index contributed by atoms with van der Waals surface area (Å²) >= 11 is 0.